The monoisotopic (exact) mass is 438 g/mol. The summed E-state index contributed by atoms with van der Waals surface area (Å²) in [5.41, 5.74) is 1.75. The van der Waals surface area contributed by atoms with Crippen molar-refractivity contribution < 1.29 is 9.47 Å². The number of thiophene rings is 1. The average molecular weight is 439 g/mol. The van der Waals surface area contributed by atoms with Crippen molar-refractivity contribution in [1.29, 1.82) is 0 Å². The summed E-state index contributed by atoms with van der Waals surface area (Å²) in [6, 6.07) is 12.3. The predicted molar refractivity (Wildman–Crippen MR) is 120 cm³/mol. The van der Waals surface area contributed by atoms with Crippen molar-refractivity contribution in [3.8, 4) is 6.01 Å². The van der Waals surface area contributed by atoms with Gasteiger partial charge in [0.05, 0.1) is 25.5 Å². The van der Waals surface area contributed by atoms with Gasteiger partial charge in [-0.15, -0.1) is 16.5 Å². The van der Waals surface area contributed by atoms with Crippen LogP contribution in [-0.2, 0) is 24.1 Å². The lowest BCUT2D eigenvalue weighted by atomic mass is 10.3. The molecule has 0 unspecified atom stereocenters. The Balaban J connectivity index is 1.45. The molecule has 0 atom stereocenters. The molecule has 1 fully saturated rings. The highest BCUT2D eigenvalue weighted by molar-refractivity contribution is 7.15. The van der Waals surface area contributed by atoms with Crippen LogP contribution in [0.4, 0.5) is 10.8 Å². The molecule has 0 saturated carbocycles. The van der Waals surface area contributed by atoms with E-state index in [9.17, 15) is 0 Å². The number of morpholine rings is 1. The van der Waals surface area contributed by atoms with Gasteiger partial charge in [-0.1, -0.05) is 13.0 Å². The lowest BCUT2D eigenvalue weighted by molar-refractivity contribution is 0.122. The molecule has 0 radical (unpaired) electrons. The molecular weight excluding hydrogens is 412 g/mol. The lowest BCUT2D eigenvalue weighted by Gasteiger charge is -2.28. The third-order valence-electron chi connectivity index (χ3n) is 4.79. The lowest BCUT2D eigenvalue weighted by Crippen LogP contribution is -2.37. The molecule has 0 spiro atoms. The Morgan fingerprint density at radius 1 is 1.13 bits per heavy atom. The molecule has 1 aliphatic rings. The topological polar surface area (TPSA) is 85.1 Å². The highest BCUT2D eigenvalue weighted by Crippen LogP contribution is 2.26. The van der Waals surface area contributed by atoms with Crippen LogP contribution in [0.25, 0.3) is 0 Å². The molecule has 31 heavy (non-hydrogen) atoms. The van der Waals surface area contributed by atoms with Crippen molar-refractivity contribution in [2.45, 2.75) is 26.3 Å². The van der Waals surface area contributed by atoms with E-state index in [0.717, 1.165) is 41.7 Å². The molecule has 3 aromatic heterocycles. The first-order valence-corrected chi connectivity index (χ1v) is 11.3. The molecule has 1 saturated heterocycles. The van der Waals surface area contributed by atoms with Gasteiger partial charge in [0.1, 0.15) is 17.4 Å². The van der Waals surface area contributed by atoms with Gasteiger partial charge in [0.25, 0.3) is 0 Å². The van der Waals surface area contributed by atoms with Crippen molar-refractivity contribution in [3.63, 3.8) is 0 Å². The first-order chi connectivity index (χ1) is 15.3. The zero-order valence-electron chi connectivity index (χ0n) is 17.6. The number of ether oxygens (including phenoxy) is 2. The summed E-state index contributed by atoms with van der Waals surface area (Å²) in [5, 5.41) is 9.60. The fraction of sp³-hybridized carbons (Fsp3) is 0.409. The SMILES string of the molecule is CCc1ccc(N=NCc2cc(N3CCOCC3)nc(OCCc3ccccn3)n2)s1. The number of hydrogen-bond acceptors (Lipinski definition) is 9. The van der Waals surface area contributed by atoms with Gasteiger partial charge >= 0.3 is 6.01 Å². The van der Waals surface area contributed by atoms with Crippen molar-refractivity contribution in [1.82, 2.24) is 15.0 Å². The minimum absolute atomic E-state index is 0.356. The van der Waals surface area contributed by atoms with Gasteiger partial charge in [-0.3, -0.25) is 4.98 Å². The summed E-state index contributed by atoms with van der Waals surface area (Å²) in [5.74, 6) is 0.834. The average Bonchev–Trinajstić information content (AvgIpc) is 3.28. The van der Waals surface area contributed by atoms with E-state index in [2.05, 4.69) is 43.1 Å². The molecule has 3 aromatic rings. The third kappa shape index (κ3) is 6.28. The van der Waals surface area contributed by atoms with Crippen LogP contribution >= 0.6 is 11.3 Å². The maximum atomic E-state index is 5.87. The molecule has 0 aromatic carbocycles. The summed E-state index contributed by atoms with van der Waals surface area (Å²) in [6.45, 7) is 5.92. The second kappa shape index (κ2) is 10.9. The first kappa shape index (κ1) is 21.3. The van der Waals surface area contributed by atoms with E-state index in [0.29, 0.717) is 38.8 Å². The van der Waals surface area contributed by atoms with Gasteiger partial charge in [-0.25, -0.2) is 0 Å². The van der Waals surface area contributed by atoms with Crippen LogP contribution in [0.1, 0.15) is 23.2 Å². The Morgan fingerprint density at radius 3 is 2.81 bits per heavy atom. The highest BCUT2D eigenvalue weighted by Gasteiger charge is 2.15. The molecule has 162 valence electrons. The minimum atomic E-state index is 0.356. The first-order valence-electron chi connectivity index (χ1n) is 10.5. The van der Waals surface area contributed by atoms with Crippen LogP contribution in [-0.4, -0.2) is 47.9 Å². The summed E-state index contributed by atoms with van der Waals surface area (Å²) in [4.78, 5) is 17.0. The van der Waals surface area contributed by atoms with Crippen molar-refractivity contribution in [2.75, 3.05) is 37.8 Å². The van der Waals surface area contributed by atoms with Crippen LogP contribution in [0.3, 0.4) is 0 Å². The van der Waals surface area contributed by atoms with E-state index in [1.54, 1.807) is 17.5 Å². The Hall–Kier alpha value is -2.91. The largest absolute Gasteiger partial charge is 0.463 e. The number of rotatable bonds is 9. The second-order valence-corrected chi connectivity index (χ2v) is 8.16. The fourth-order valence-electron chi connectivity index (χ4n) is 3.14. The quantitative estimate of drug-likeness (QED) is 0.465. The number of nitrogens with zero attached hydrogens (tertiary/aromatic N) is 6. The number of pyridine rings is 1. The van der Waals surface area contributed by atoms with Crippen molar-refractivity contribution >= 4 is 22.2 Å². The molecule has 0 bridgehead atoms. The smallest absolute Gasteiger partial charge is 0.318 e. The van der Waals surface area contributed by atoms with Crippen molar-refractivity contribution in [2.24, 2.45) is 10.2 Å². The molecule has 0 N–H and O–H groups in total. The molecule has 0 amide bonds. The molecule has 4 rings (SSSR count). The summed E-state index contributed by atoms with van der Waals surface area (Å²) >= 11 is 1.66. The van der Waals surface area contributed by atoms with Crippen LogP contribution < -0.4 is 9.64 Å². The van der Waals surface area contributed by atoms with Crippen LogP contribution in [0.2, 0.25) is 0 Å². The normalized spacial score (nSPS) is 14.3. The van der Waals surface area contributed by atoms with E-state index in [4.69, 9.17) is 9.47 Å². The van der Waals surface area contributed by atoms with E-state index >= 15 is 0 Å². The molecule has 8 nitrogen and oxygen atoms in total. The highest BCUT2D eigenvalue weighted by atomic mass is 32.1. The number of anilines is 1. The van der Waals surface area contributed by atoms with Gasteiger partial charge in [-0.05, 0) is 30.7 Å². The Morgan fingerprint density at radius 2 is 2.03 bits per heavy atom. The number of azo groups is 1. The molecule has 0 aliphatic carbocycles. The van der Waals surface area contributed by atoms with Gasteiger partial charge in [0.15, 0.2) is 0 Å². The van der Waals surface area contributed by atoms with E-state index in [1.165, 1.54) is 4.88 Å². The second-order valence-electron chi connectivity index (χ2n) is 7.01. The summed E-state index contributed by atoms with van der Waals surface area (Å²) in [7, 11) is 0. The zero-order chi connectivity index (χ0) is 21.3. The minimum Gasteiger partial charge on any atom is -0.463 e. The maximum absolute atomic E-state index is 5.87. The van der Waals surface area contributed by atoms with Crippen LogP contribution in [0.5, 0.6) is 6.01 Å². The van der Waals surface area contributed by atoms with Crippen molar-refractivity contribution in [3.05, 3.63) is 58.9 Å². The standard InChI is InChI=1S/C22H26N6O2S/c1-2-19-6-7-21(31-19)27-24-16-18-15-20(28-10-13-29-14-11-28)26-22(25-18)30-12-8-17-5-3-4-9-23-17/h3-7,9,15H,2,8,10-14,16H2,1H3. The third-order valence-corrected chi connectivity index (χ3v) is 5.91. The number of aryl methyl sites for hydroxylation is 1. The van der Waals surface area contributed by atoms with Gasteiger partial charge in [-0.2, -0.15) is 15.1 Å². The van der Waals surface area contributed by atoms with Gasteiger partial charge < -0.3 is 14.4 Å². The van der Waals surface area contributed by atoms with E-state index < -0.39 is 0 Å². The summed E-state index contributed by atoms with van der Waals surface area (Å²) < 4.78 is 11.3. The Bertz CT molecular complexity index is 989. The van der Waals surface area contributed by atoms with E-state index in [-0.39, 0.29) is 0 Å². The summed E-state index contributed by atoms with van der Waals surface area (Å²) in [6.07, 6.45) is 3.48. The fourth-order valence-corrected chi connectivity index (χ4v) is 3.92. The molecular formula is C22H26N6O2S. The van der Waals surface area contributed by atoms with Gasteiger partial charge in [0.2, 0.25) is 0 Å². The van der Waals surface area contributed by atoms with Crippen LogP contribution in [0, 0.1) is 0 Å². The maximum Gasteiger partial charge on any atom is 0.318 e. The van der Waals surface area contributed by atoms with E-state index in [1.807, 2.05) is 30.3 Å². The van der Waals surface area contributed by atoms with Gasteiger partial charge in [0, 0.05) is 42.3 Å². The zero-order valence-corrected chi connectivity index (χ0v) is 18.4. The van der Waals surface area contributed by atoms with Crippen LogP contribution in [0.15, 0.2) is 52.8 Å². The Kier molecular flexibility index (Phi) is 7.51. The Labute approximate surface area is 186 Å². The molecule has 4 heterocycles. The number of aromatic nitrogens is 3. The molecule has 1 aliphatic heterocycles. The number of hydrogen-bond donors (Lipinski definition) is 0. The molecule has 9 heteroatoms. The predicted octanol–water partition coefficient (Wildman–Crippen LogP) is 4.24.